The van der Waals surface area contributed by atoms with Gasteiger partial charge in [-0.05, 0) is 81.0 Å². The Labute approximate surface area is 151 Å². The van der Waals surface area contributed by atoms with Crippen LogP contribution in [0.15, 0.2) is 11.6 Å². The lowest BCUT2D eigenvalue weighted by atomic mass is 9.48. The van der Waals surface area contributed by atoms with Crippen molar-refractivity contribution in [3.8, 4) is 0 Å². The second-order valence-corrected chi connectivity index (χ2v) is 10.1. The van der Waals surface area contributed by atoms with Gasteiger partial charge >= 0.3 is 0 Å². The maximum atomic E-state index is 12.4. The van der Waals surface area contributed by atoms with E-state index in [1.807, 2.05) is 0 Å². The summed E-state index contributed by atoms with van der Waals surface area (Å²) in [5.74, 6) is 1.48. The quantitative estimate of drug-likeness (QED) is 0.709. The number of fused-ring (bicyclic) bond motifs is 5. The van der Waals surface area contributed by atoms with Crippen molar-refractivity contribution in [2.75, 3.05) is 0 Å². The minimum atomic E-state index is -1.18. The molecule has 8 atom stereocenters. The van der Waals surface area contributed by atoms with Crippen molar-refractivity contribution in [1.29, 1.82) is 0 Å². The fourth-order valence-corrected chi connectivity index (χ4v) is 7.60. The molecule has 25 heavy (non-hydrogen) atoms. The third-order valence-corrected chi connectivity index (χ3v) is 9.12. The molecule has 140 valence electrons. The van der Waals surface area contributed by atoms with Crippen molar-refractivity contribution in [2.45, 2.75) is 84.3 Å². The highest BCUT2D eigenvalue weighted by Crippen LogP contribution is 2.67. The summed E-state index contributed by atoms with van der Waals surface area (Å²) in [6.07, 6.45) is 9.30. The molecule has 0 unspecified atom stereocenters. The summed E-state index contributed by atoms with van der Waals surface area (Å²) < 4.78 is 0. The van der Waals surface area contributed by atoms with Crippen LogP contribution >= 0.6 is 0 Å². The van der Waals surface area contributed by atoms with E-state index in [1.54, 1.807) is 12.5 Å². The van der Waals surface area contributed by atoms with Crippen LogP contribution in [0, 0.1) is 34.5 Å². The van der Waals surface area contributed by atoms with Crippen LogP contribution in [0.1, 0.15) is 72.6 Å². The first kappa shape index (κ1) is 17.7. The molecule has 4 aliphatic carbocycles. The van der Waals surface area contributed by atoms with Crippen molar-refractivity contribution < 1.29 is 15.0 Å². The Morgan fingerprint density at radius 1 is 1.20 bits per heavy atom. The Kier molecular flexibility index (Phi) is 3.84. The van der Waals surface area contributed by atoms with E-state index in [-0.39, 0.29) is 28.6 Å². The third-order valence-electron chi connectivity index (χ3n) is 9.12. The van der Waals surface area contributed by atoms with E-state index >= 15 is 0 Å². The molecule has 3 heteroatoms. The van der Waals surface area contributed by atoms with E-state index < -0.39 is 5.60 Å². The average molecular weight is 347 g/mol. The highest BCUT2D eigenvalue weighted by Gasteiger charge is 2.66. The van der Waals surface area contributed by atoms with E-state index in [0.717, 1.165) is 38.5 Å². The normalized spacial score (nSPS) is 55.0. The lowest BCUT2D eigenvalue weighted by molar-refractivity contribution is -0.156. The molecule has 0 spiro atoms. The Hall–Kier alpha value is -0.670. The van der Waals surface area contributed by atoms with Gasteiger partial charge in [-0.3, -0.25) is 4.79 Å². The summed E-state index contributed by atoms with van der Waals surface area (Å²) in [5.41, 5.74) is 0.298. The van der Waals surface area contributed by atoms with Gasteiger partial charge in [-0.2, -0.15) is 0 Å². The SMILES string of the molecule is CC(=O)[C@@]1(O)[C@@H](C)C[C@H]2[C@@H]3CC[C@@H]4C[C@H](O)CC[C@]4(C)C3=CC[C@@]21C. The first-order valence-electron chi connectivity index (χ1n) is 10.3. The first-order chi connectivity index (χ1) is 11.6. The van der Waals surface area contributed by atoms with Crippen LogP contribution in [0.25, 0.3) is 0 Å². The summed E-state index contributed by atoms with van der Waals surface area (Å²) in [6, 6.07) is 0. The molecule has 4 rings (SSSR count). The van der Waals surface area contributed by atoms with Crippen LogP contribution in [0.2, 0.25) is 0 Å². The Morgan fingerprint density at radius 2 is 1.92 bits per heavy atom. The minimum absolute atomic E-state index is 0.0338. The van der Waals surface area contributed by atoms with Crippen LogP contribution in [-0.4, -0.2) is 27.7 Å². The molecule has 0 aliphatic heterocycles. The van der Waals surface area contributed by atoms with Crippen molar-refractivity contribution in [3.63, 3.8) is 0 Å². The lowest BCUT2D eigenvalue weighted by Gasteiger charge is -2.57. The second-order valence-electron chi connectivity index (χ2n) is 10.1. The number of ketones is 1. The van der Waals surface area contributed by atoms with Crippen LogP contribution < -0.4 is 0 Å². The molecular weight excluding hydrogens is 312 g/mol. The fraction of sp³-hybridized carbons (Fsp3) is 0.864. The zero-order valence-corrected chi connectivity index (χ0v) is 16.2. The number of aliphatic hydroxyl groups excluding tert-OH is 1. The van der Waals surface area contributed by atoms with Crippen molar-refractivity contribution in [3.05, 3.63) is 11.6 Å². The predicted octanol–water partition coefficient (Wildman–Crippen LogP) is 3.88. The molecular formula is C22H34O3. The number of hydrogen-bond acceptors (Lipinski definition) is 3. The number of rotatable bonds is 1. The number of hydrogen-bond donors (Lipinski definition) is 2. The van der Waals surface area contributed by atoms with E-state index in [9.17, 15) is 15.0 Å². The highest BCUT2D eigenvalue weighted by molar-refractivity contribution is 5.86. The topological polar surface area (TPSA) is 57.5 Å². The zero-order valence-electron chi connectivity index (χ0n) is 16.2. The van der Waals surface area contributed by atoms with E-state index in [1.165, 1.54) is 6.42 Å². The molecule has 0 amide bonds. The van der Waals surface area contributed by atoms with Gasteiger partial charge in [0.25, 0.3) is 0 Å². The maximum Gasteiger partial charge on any atom is 0.162 e. The lowest BCUT2D eigenvalue weighted by Crippen LogP contribution is -2.56. The van der Waals surface area contributed by atoms with E-state index in [4.69, 9.17) is 0 Å². The fourth-order valence-electron chi connectivity index (χ4n) is 7.60. The van der Waals surface area contributed by atoms with E-state index in [2.05, 4.69) is 26.8 Å². The minimum Gasteiger partial charge on any atom is -0.393 e. The van der Waals surface area contributed by atoms with Crippen molar-refractivity contribution >= 4 is 5.78 Å². The largest absolute Gasteiger partial charge is 0.393 e. The summed E-state index contributed by atoms with van der Waals surface area (Å²) in [5, 5.41) is 21.5. The standard InChI is InChI=1S/C22H34O3/c1-13-11-19-17-6-5-15-12-16(24)7-9-20(15,3)18(17)8-10-21(19,4)22(13,25)14(2)23/h8,13,15-17,19,24-25H,5-7,9-12H2,1-4H3/t13-,15+,16+,17+,19-,20-,21-,22-/m0/s1. The molecule has 2 N–H and O–H groups in total. The molecule has 3 saturated carbocycles. The number of aliphatic hydroxyl groups is 2. The van der Waals surface area contributed by atoms with Crippen LogP contribution in [0.3, 0.4) is 0 Å². The van der Waals surface area contributed by atoms with Crippen LogP contribution in [0.4, 0.5) is 0 Å². The van der Waals surface area contributed by atoms with Gasteiger partial charge in [0.05, 0.1) is 6.10 Å². The van der Waals surface area contributed by atoms with Crippen LogP contribution in [0.5, 0.6) is 0 Å². The van der Waals surface area contributed by atoms with Gasteiger partial charge in [0.2, 0.25) is 0 Å². The summed E-state index contributed by atoms with van der Waals surface area (Å²) in [6.45, 7) is 8.22. The van der Waals surface area contributed by atoms with E-state index in [0.29, 0.717) is 17.8 Å². The summed E-state index contributed by atoms with van der Waals surface area (Å²) in [7, 11) is 0. The molecule has 0 radical (unpaired) electrons. The molecule has 0 heterocycles. The average Bonchev–Trinajstić information content (AvgIpc) is 2.77. The van der Waals surface area contributed by atoms with Crippen molar-refractivity contribution in [1.82, 2.24) is 0 Å². The van der Waals surface area contributed by atoms with Gasteiger partial charge in [0.1, 0.15) is 5.60 Å². The number of allylic oxidation sites excluding steroid dienone is 2. The van der Waals surface area contributed by atoms with Gasteiger partial charge in [-0.25, -0.2) is 0 Å². The molecule has 3 fully saturated rings. The van der Waals surface area contributed by atoms with Gasteiger partial charge in [-0.1, -0.05) is 32.4 Å². The summed E-state index contributed by atoms with van der Waals surface area (Å²) >= 11 is 0. The highest BCUT2D eigenvalue weighted by atomic mass is 16.3. The molecule has 0 bridgehead atoms. The Balaban J connectivity index is 1.74. The molecule has 0 aromatic rings. The maximum absolute atomic E-state index is 12.4. The predicted molar refractivity (Wildman–Crippen MR) is 97.9 cm³/mol. The molecule has 4 aliphatic rings. The molecule has 0 saturated heterocycles. The number of carbonyl (C=O) groups is 1. The zero-order chi connectivity index (χ0) is 18.2. The number of carbonyl (C=O) groups excluding carboxylic acids is 1. The molecule has 0 aromatic carbocycles. The monoisotopic (exact) mass is 346 g/mol. The van der Waals surface area contributed by atoms with Gasteiger partial charge in [0, 0.05) is 5.41 Å². The smallest absolute Gasteiger partial charge is 0.162 e. The van der Waals surface area contributed by atoms with Gasteiger partial charge in [0.15, 0.2) is 5.78 Å². The number of Topliss-reactive ketones (excluding diaryl/α,β-unsaturated/α-hetero) is 1. The summed E-state index contributed by atoms with van der Waals surface area (Å²) in [4.78, 5) is 12.4. The van der Waals surface area contributed by atoms with Gasteiger partial charge < -0.3 is 10.2 Å². The van der Waals surface area contributed by atoms with Crippen LogP contribution in [-0.2, 0) is 4.79 Å². The second kappa shape index (κ2) is 5.42. The molecule has 3 nitrogen and oxygen atoms in total. The van der Waals surface area contributed by atoms with Gasteiger partial charge in [-0.15, -0.1) is 0 Å². The first-order valence-corrected chi connectivity index (χ1v) is 10.3. The Bertz CT molecular complexity index is 625. The Morgan fingerprint density at radius 3 is 2.60 bits per heavy atom. The third kappa shape index (κ3) is 2.09. The molecule has 0 aromatic heterocycles. The van der Waals surface area contributed by atoms with Crippen molar-refractivity contribution in [2.24, 2.45) is 34.5 Å².